The van der Waals surface area contributed by atoms with Crippen molar-refractivity contribution in [3.05, 3.63) is 60.7 Å². The molecule has 0 heterocycles. The molecule has 0 saturated carbocycles. The van der Waals surface area contributed by atoms with Crippen LogP contribution >= 0.6 is 7.14 Å². The Balaban J connectivity index is 2.63. The maximum atomic E-state index is 11.7. The minimum Gasteiger partial charge on any atom is -0.478 e. The highest BCUT2D eigenvalue weighted by Crippen LogP contribution is 2.57. The van der Waals surface area contributed by atoms with Crippen molar-refractivity contribution < 1.29 is 9.90 Å². The second-order valence-electron chi connectivity index (χ2n) is 4.71. The van der Waals surface area contributed by atoms with E-state index < -0.39 is 18.8 Å². The van der Waals surface area contributed by atoms with Crippen molar-refractivity contribution >= 4 is 31.3 Å². The summed E-state index contributed by atoms with van der Waals surface area (Å²) in [7, 11) is 4.29. The Labute approximate surface area is 121 Å². The molecule has 2 aromatic carbocycles. The Bertz CT molecular complexity index is 532. The molecule has 0 saturated heterocycles. The van der Waals surface area contributed by atoms with Gasteiger partial charge in [-0.25, -0.2) is 4.79 Å². The fourth-order valence-corrected chi connectivity index (χ4v) is 5.77. The van der Waals surface area contributed by atoms with E-state index in [0.717, 1.165) is 10.6 Å². The van der Waals surface area contributed by atoms with E-state index in [1.807, 2.05) is 67.6 Å². The quantitative estimate of drug-likeness (QED) is 0.676. The third-order valence-corrected chi connectivity index (χ3v) is 7.40. The van der Waals surface area contributed by atoms with E-state index >= 15 is 0 Å². The zero-order valence-electron chi connectivity index (χ0n) is 11.4. The molecule has 0 fully saturated rings. The van der Waals surface area contributed by atoms with E-state index in [1.165, 1.54) is 0 Å². The predicted octanol–water partition coefficient (Wildman–Crippen LogP) is 2.60. The minimum atomic E-state index is -2.44. The average molecular weight is 283 g/mol. The van der Waals surface area contributed by atoms with Crippen molar-refractivity contribution in [2.45, 2.75) is 19.0 Å². The Morgan fingerprint density at radius 3 is 1.75 bits per heavy atom. The summed E-state index contributed by atoms with van der Waals surface area (Å²) >= 11 is 0. The summed E-state index contributed by atoms with van der Waals surface area (Å²) in [6, 6.07) is 19.2. The van der Waals surface area contributed by atoms with Gasteiger partial charge in [-0.2, -0.15) is 0 Å². The van der Waals surface area contributed by atoms with Crippen molar-refractivity contribution in [3.8, 4) is 0 Å². The molecular formula is C16H17BO2P+. The first-order chi connectivity index (χ1) is 9.60. The fraction of sp³-hybridized carbons (Fsp3) is 0.188. The lowest BCUT2D eigenvalue weighted by atomic mass is 10.3. The molecule has 1 N–H and O–H groups in total. The van der Waals surface area contributed by atoms with Crippen LogP contribution in [0.1, 0.15) is 13.3 Å². The molecule has 2 aromatic rings. The van der Waals surface area contributed by atoms with Gasteiger partial charge in [0, 0.05) is 7.14 Å². The van der Waals surface area contributed by atoms with Gasteiger partial charge in [-0.3, -0.25) is 0 Å². The van der Waals surface area contributed by atoms with Crippen LogP contribution in [0.15, 0.2) is 60.7 Å². The number of carbonyl (C=O) groups is 1. The summed E-state index contributed by atoms with van der Waals surface area (Å²) < 4.78 is 0. The monoisotopic (exact) mass is 283 g/mol. The van der Waals surface area contributed by atoms with Crippen LogP contribution in [0.5, 0.6) is 0 Å². The van der Waals surface area contributed by atoms with Crippen LogP contribution in [0.3, 0.4) is 0 Å². The van der Waals surface area contributed by atoms with Gasteiger partial charge < -0.3 is 5.11 Å². The second kappa shape index (κ2) is 6.24. The molecule has 0 bridgehead atoms. The molecule has 1 unspecified atom stereocenters. The zero-order chi connectivity index (χ0) is 14.6. The number of carboxylic acid groups (broad SMARTS) is 1. The number of aliphatic carboxylic acids is 1. The molecule has 20 heavy (non-hydrogen) atoms. The van der Waals surface area contributed by atoms with Crippen LogP contribution < -0.4 is 10.6 Å². The molecule has 0 aromatic heterocycles. The van der Waals surface area contributed by atoms with Gasteiger partial charge in [0.1, 0.15) is 0 Å². The van der Waals surface area contributed by atoms with Crippen molar-refractivity contribution in [1.29, 1.82) is 0 Å². The Morgan fingerprint density at radius 1 is 1.05 bits per heavy atom. The van der Waals surface area contributed by atoms with Crippen LogP contribution in [0.2, 0.25) is 0 Å². The molecule has 2 radical (unpaired) electrons. The maximum Gasteiger partial charge on any atom is 0.378 e. The van der Waals surface area contributed by atoms with Crippen LogP contribution in [0, 0.1) is 0 Å². The van der Waals surface area contributed by atoms with Gasteiger partial charge in [-0.15, -0.1) is 0 Å². The van der Waals surface area contributed by atoms with Crippen LogP contribution in [0.25, 0.3) is 0 Å². The smallest absolute Gasteiger partial charge is 0.378 e. The molecule has 0 aliphatic rings. The van der Waals surface area contributed by atoms with Gasteiger partial charge >= 0.3 is 13.5 Å². The highest BCUT2D eigenvalue weighted by molar-refractivity contribution is 8.09. The molecule has 0 aliphatic heterocycles. The first kappa shape index (κ1) is 14.8. The SMILES string of the molecule is [B][P+](c1ccccc1)(c1ccccc1)C(CC)C(=O)O. The summed E-state index contributed by atoms with van der Waals surface area (Å²) in [4.78, 5) is 11.7. The summed E-state index contributed by atoms with van der Waals surface area (Å²) in [5.74, 6) is -0.823. The van der Waals surface area contributed by atoms with Gasteiger partial charge in [0.2, 0.25) is 0 Å². The molecule has 0 amide bonds. The molecule has 2 rings (SSSR count). The molecule has 0 aliphatic carbocycles. The minimum absolute atomic E-state index is 0.517. The first-order valence-electron chi connectivity index (χ1n) is 6.62. The predicted molar refractivity (Wildman–Crippen MR) is 86.5 cm³/mol. The maximum absolute atomic E-state index is 11.7. The van der Waals surface area contributed by atoms with Crippen molar-refractivity contribution in [2.75, 3.05) is 0 Å². The van der Waals surface area contributed by atoms with Gasteiger partial charge in [0.15, 0.2) is 5.66 Å². The van der Waals surface area contributed by atoms with Gasteiger partial charge in [-0.1, -0.05) is 43.3 Å². The summed E-state index contributed by atoms with van der Waals surface area (Å²) in [5, 5.41) is 11.4. The molecule has 2 nitrogen and oxygen atoms in total. The standard InChI is InChI=1S/C16H17BO2P/c1-2-15(16(18)19)20(17,13-9-5-3-6-10-13)14-11-7-4-8-12-14/h3-12,15H,2H2,1H3,(H,18,19)/q+1. The molecule has 100 valence electrons. The molecule has 0 spiro atoms. The zero-order valence-corrected chi connectivity index (χ0v) is 12.3. The second-order valence-corrected chi connectivity index (χ2v) is 7.92. The summed E-state index contributed by atoms with van der Waals surface area (Å²) in [6.07, 6.45) is 0.517. The van der Waals surface area contributed by atoms with E-state index in [2.05, 4.69) is 0 Å². The average Bonchev–Trinajstić information content (AvgIpc) is 2.49. The third-order valence-electron chi connectivity index (χ3n) is 3.53. The molecule has 1 atom stereocenters. The lowest BCUT2D eigenvalue weighted by Crippen LogP contribution is -2.36. The van der Waals surface area contributed by atoms with Gasteiger partial charge in [-0.05, 0) is 30.7 Å². The van der Waals surface area contributed by atoms with Crippen LogP contribution in [0.4, 0.5) is 0 Å². The van der Waals surface area contributed by atoms with Crippen molar-refractivity contribution in [3.63, 3.8) is 0 Å². The van der Waals surface area contributed by atoms with E-state index in [9.17, 15) is 9.90 Å². The first-order valence-corrected chi connectivity index (χ1v) is 8.54. The van der Waals surface area contributed by atoms with Crippen molar-refractivity contribution in [2.24, 2.45) is 0 Å². The Morgan fingerprint density at radius 2 is 1.45 bits per heavy atom. The number of rotatable bonds is 5. The van der Waals surface area contributed by atoms with Gasteiger partial charge in [0.25, 0.3) is 0 Å². The van der Waals surface area contributed by atoms with Crippen LogP contribution in [-0.2, 0) is 4.79 Å². The number of benzene rings is 2. The Hall–Kier alpha value is -1.60. The van der Waals surface area contributed by atoms with E-state index in [1.54, 1.807) is 0 Å². The highest BCUT2D eigenvalue weighted by Gasteiger charge is 2.48. The summed E-state index contributed by atoms with van der Waals surface area (Å²) in [5.41, 5.74) is -0.563. The number of carboxylic acids is 1. The lowest BCUT2D eigenvalue weighted by Gasteiger charge is -2.28. The topological polar surface area (TPSA) is 37.3 Å². The molecular weight excluding hydrogens is 266 g/mol. The number of hydrogen-bond donors (Lipinski definition) is 1. The van der Waals surface area contributed by atoms with E-state index in [-0.39, 0.29) is 0 Å². The number of hydrogen-bond acceptors (Lipinski definition) is 1. The van der Waals surface area contributed by atoms with Gasteiger partial charge in [0.05, 0.1) is 10.6 Å². The fourth-order valence-electron chi connectivity index (χ4n) is 2.50. The van der Waals surface area contributed by atoms with E-state index in [4.69, 9.17) is 7.57 Å². The third kappa shape index (κ3) is 2.64. The van der Waals surface area contributed by atoms with Crippen LogP contribution in [-0.4, -0.2) is 24.3 Å². The lowest BCUT2D eigenvalue weighted by molar-refractivity contribution is -0.136. The molecule has 4 heteroatoms. The largest absolute Gasteiger partial charge is 0.478 e. The summed E-state index contributed by atoms with van der Waals surface area (Å²) in [6.45, 7) is 1.88. The Kier molecular flexibility index (Phi) is 4.62. The van der Waals surface area contributed by atoms with Crippen molar-refractivity contribution in [1.82, 2.24) is 0 Å². The highest BCUT2D eigenvalue weighted by atomic mass is 31.2. The van der Waals surface area contributed by atoms with E-state index in [0.29, 0.717) is 6.42 Å². The normalized spacial score (nSPS) is 12.8.